The topological polar surface area (TPSA) is 63.6 Å². The highest BCUT2D eigenvalue weighted by atomic mass is 16.5. The summed E-state index contributed by atoms with van der Waals surface area (Å²) in [6.07, 6.45) is 23.5. The Morgan fingerprint density at radius 2 is 1.07 bits per heavy atom. The number of carboxylic acids is 1. The Balaban J connectivity index is 0. The molecule has 0 aromatic heterocycles. The monoisotopic (exact) mass is 410 g/mol. The normalized spacial score (nSPS) is 10.0. The van der Waals surface area contributed by atoms with Crippen LogP contribution >= 0.6 is 0 Å². The number of rotatable bonds is 19. The molecule has 4 nitrogen and oxygen atoms in total. The maximum absolute atomic E-state index is 11.2. The second-order valence-corrected chi connectivity index (χ2v) is 7.69. The number of ether oxygens (including phenoxy) is 1. The smallest absolute Gasteiger partial charge is 0.333 e. The van der Waals surface area contributed by atoms with Crippen LogP contribution in [0, 0.1) is 0 Å². The second kappa shape index (κ2) is 24.5. The average molecular weight is 411 g/mol. The van der Waals surface area contributed by atoms with Crippen molar-refractivity contribution in [2.75, 3.05) is 7.11 Å². The van der Waals surface area contributed by atoms with E-state index in [1.807, 2.05) is 0 Å². The number of carbonyl (C=O) groups is 2. The molecule has 0 rings (SSSR count). The standard InChI is InChI=1S/C22H42O2.C3H4O2/c1-4-5-6-7-8-9-10-11-12-13-14-15-16-17-18-19-20-21(2)22(23)24-3;1-2-3(4)5/h2,4-20H2,1,3H3;2H,1H2,(H,4,5). The largest absolute Gasteiger partial charge is 0.478 e. The minimum absolute atomic E-state index is 0.254. The number of carboxylic acid groups (broad SMARTS) is 1. The van der Waals surface area contributed by atoms with Gasteiger partial charge in [0.15, 0.2) is 0 Å². The summed E-state index contributed by atoms with van der Waals surface area (Å²) in [7, 11) is 1.42. The molecule has 0 spiro atoms. The maximum atomic E-state index is 11.2. The van der Waals surface area contributed by atoms with E-state index >= 15 is 0 Å². The summed E-state index contributed by atoms with van der Waals surface area (Å²) < 4.78 is 4.65. The first-order valence-electron chi connectivity index (χ1n) is 11.6. The van der Waals surface area contributed by atoms with E-state index in [1.54, 1.807) is 0 Å². The molecule has 0 unspecified atom stereocenters. The zero-order valence-electron chi connectivity index (χ0n) is 19.2. The molecule has 0 aromatic rings. The summed E-state index contributed by atoms with van der Waals surface area (Å²) in [5.74, 6) is -1.24. The fraction of sp³-hybridized carbons (Fsp3) is 0.760. The lowest BCUT2D eigenvalue weighted by atomic mass is 10.0. The molecule has 170 valence electrons. The molecule has 0 amide bonds. The molecule has 0 bridgehead atoms. The van der Waals surface area contributed by atoms with Gasteiger partial charge < -0.3 is 9.84 Å². The first kappa shape index (κ1) is 29.6. The van der Waals surface area contributed by atoms with Crippen LogP contribution < -0.4 is 0 Å². The predicted octanol–water partition coefficient (Wildman–Crippen LogP) is 7.62. The third kappa shape index (κ3) is 26.4. The van der Waals surface area contributed by atoms with Gasteiger partial charge in [-0.1, -0.05) is 116 Å². The van der Waals surface area contributed by atoms with Gasteiger partial charge >= 0.3 is 11.9 Å². The van der Waals surface area contributed by atoms with Crippen LogP contribution in [-0.2, 0) is 14.3 Å². The molecule has 0 saturated heterocycles. The Labute approximate surface area is 179 Å². The van der Waals surface area contributed by atoms with Crippen LogP contribution in [0.25, 0.3) is 0 Å². The fourth-order valence-corrected chi connectivity index (χ4v) is 3.13. The van der Waals surface area contributed by atoms with Crippen molar-refractivity contribution in [3.05, 3.63) is 24.8 Å². The van der Waals surface area contributed by atoms with Crippen molar-refractivity contribution in [1.82, 2.24) is 0 Å². The highest BCUT2D eigenvalue weighted by molar-refractivity contribution is 5.87. The van der Waals surface area contributed by atoms with E-state index in [0.29, 0.717) is 5.57 Å². The van der Waals surface area contributed by atoms with Crippen molar-refractivity contribution < 1.29 is 19.4 Å². The Kier molecular flexibility index (Phi) is 25.0. The number of unbranched alkanes of at least 4 members (excludes halogenated alkanes) is 15. The molecule has 0 saturated carbocycles. The molecule has 1 N–H and O–H groups in total. The van der Waals surface area contributed by atoms with Crippen LogP contribution in [0.15, 0.2) is 24.8 Å². The molecular weight excluding hydrogens is 364 g/mol. The molecule has 4 heteroatoms. The number of hydrogen-bond acceptors (Lipinski definition) is 3. The summed E-state index contributed by atoms with van der Waals surface area (Å²) >= 11 is 0. The van der Waals surface area contributed by atoms with Crippen LogP contribution in [0.2, 0.25) is 0 Å². The van der Waals surface area contributed by atoms with E-state index in [9.17, 15) is 9.59 Å². The molecule has 0 aliphatic heterocycles. The zero-order valence-corrected chi connectivity index (χ0v) is 19.2. The Hall–Kier alpha value is -1.58. The lowest BCUT2D eigenvalue weighted by Gasteiger charge is -2.04. The van der Waals surface area contributed by atoms with Crippen molar-refractivity contribution in [2.24, 2.45) is 0 Å². The summed E-state index contributed by atoms with van der Waals surface area (Å²) in [6.45, 7) is 9.00. The molecule has 0 atom stereocenters. The van der Waals surface area contributed by atoms with Crippen LogP contribution in [0.5, 0.6) is 0 Å². The molecule has 29 heavy (non-hydrogen) atoms. The summed E-state index contributed by atoms with van der Waals surface area (Å²) in [6, 6.07) is 0. The number of methoxy groups -OCH3 is 1. The lowest BCUT2D eigenvalue weighted by molar-refractivity contribution is -0.136. The molecule has 0 heterocycles. The minimum Gasteiger partial charge on any atom is -0.478 e. The lowest BCUT2D eigenvalue weighted by Crippen LogP contribution is -2.03. The van der Waals surface area contributed by atoms with E-state index in [1.165, 1.54) is 103 Å². The van der Waals surface area contributed by atoms with Gasteiger partial charge in [0.1, 0.15) is 0 Å². The average Bonchev–Trinajstić information content (AvgIpc) is 2.72. The van der Waals surface area contributed by atoms with E-state index < -0.39 is 5.97 Å². The molecule has 0 aliphatic carbocycles. The third-order valence-corrected chi connectivity index (χ3v) is 4.98. The third-order valence-electron chi connectivity index (χ3n) is 4.98. The van der Waals surface area contributed by atoms with Gasteiger partial charge in [-0.25, -0.2) is 9.59 Å². The van der Waals surface area contributed by atoms with Gasteiger partial charge in [0.05, 0.1) is 7.11 Å². The van der Waals surface area contributed by atoms with Gasteiger partial charge in [0.25, 0.3) is 0 Å². The summed E-state index contributed by atoms with van der Waals surface area (Å²) in [5, 5.41) is 7.60. The number of aliphatic carboxylic acids is 1. The minimum atomic E-state index is -0.981. The summed E-state index contributed by atoms with van der Waals surface area (Å²) in [5.41, 5.74) is 0.614. The molecular formula is C25H46O4. The molecule has 0 radical (unpaired) electrons. The van der Waals surface area contributed by atoms with Crippen molar-refractivity contribution in [1.29, 1.82) is 0 Å². The van der Waals surface area contributed by atoms with Gasteiger partial charge in [-0.2, -0.15) is 0 Å². The quantitative estimate of drug-likeness (QED) is 0.135. The first-order valence-corrected chi connectivity index (χ1v) is 11.6. The van der Waals surface area contributed by atoms with Gasteiger partial charge in [0.2, 0.25) is 0 Å². The molecule has 0 aromatic carbocycles. The highest BCUT2D eigenvalue weighted by Crippen LogP contribution is 2.15. The number of esters is 1. The number of hydrogen-bond donors (Lipinski definition) is 1. The van der Waals surface area contributed by atoms with E-state index in [0.717, 1.165) is 18.9 Å². The maximum Gasteiger partial charge on any atom is 0.333 e. The van der Waals surface area contributed by atoms with Crippen molar-refractivity contribution >= 4 is 11.9 Å². The number of carbonyl (C=O) groups excluding carboxylic acids is 1. The Morgan fingerprint density at radius 1 is 0.759 bits per heavy atom. The first-order chi connectivity index (χ1) is 14.0. The molecule has 0 aliphatic rings. The van der Waals surface area contributed by atoms with Crippen molar-refractivity contribution in [3.63, 3.8) is 0 Å². The van der Waals surface area contributed by atoms with Crippen molar-refractivity contribution in [3.8, 4) is 0 Å². The SMILES string of the molecule is C=C(CCCCCCCCCCCCCCCCCC)C(=O)OC.C=CC(=O)O. The van der Waals surface area contributed by atoms with E-state index in [4.69, 9.17) is 5.11 Å². The van der Waals surface area contributed by atoms with Crippen LogP contribution in [-0.4, -0.2) is 24.2 Å². The van der Waals surface area contributed by atoms with Crippen LogP contribution in [0.1, 0.15) is 116 Å². The van der Waals surface area contributed by atoms with Crippen LogP contribution in [0.3, 0.4) is 0 Å². The fourth-order valence-electron chi connectivity index (χ4n) is 3.13. The second-order valence-electron chi connectivity index (χ2n) is 7.69. The molecule has 0 fully saturated rings. The van der Waals surface area contributed by atoms with Crippen molar-refractivity contribution in [2.45, 2.75) is 116 Å². The van der Waals surface area contributed by atoms with Gasteiger partial charge in [-0.05, 0) is 12.8 Å². The summed E-state index contributed by atoms with van der Waals surface area (Å²) in [4.78, 5) is 20.4. The van der Waals surface area contributed by atoms with E-state index in [2.05, 4.69) is 24.8 Å². The van der Waals surface area contributed by atoms with Gasteiger partial charge in [-0.15, -0.1) is 0 Å². The Morgan fingerprint density at radius 3 is 1.34 bits per heavy atom. The van der Waals surface area contributed by atoms with Crippen LogP contribution in [0.4, 0.5) is 0 Å². The van der Waals surface area contributed by atoms with E-state index in [-0.39, 0.29) is 5.97 Å². The zero-order chi connectivity index (χ0) is 22.2. The Bertz CT molecular complexity index is 415. The van der Waals surface area contributed by atoms with Gasteiger partial charge in [0, 0.05) is 11.6 Å². The highest BCUT2D eigenvalue weighted by Gasteiger charge is 2.05. The predicted molar refractivity (Wildman–Crippen MR) is 123 cm³/mol. The van der Waals surface area contributed by atoms with Gasteiger partial charge in [-0.3, -0.25) is 0 Å².